The SMILES string of the molecule is CC1CC[C@@H]2C[C@H](c3ccccc3)CC[C@@H]2C1. The van der Waals surface area contributed by atoms with Crippen molar-refractivity contribution >= 4 is 0 Å². The molecule has 17 heavy (non-hydrogen) atoms. The van der Waals surface area contributed by atoms with Gasteiger partial charge in [0.15, 0.2) is 0 Å². The van der Waals surface area contributed by atoms with Crippen LogP contribution < -0.4 is 0 Å². The lowest BCUT2D eigenvalue weighted by Gasteiger charge is -2.41. The standard InChI is InChI=1S/C17H24/c1-13-7-8-17-12-16(10-9-15(17)11-13)14-5-3-2-4-6-14/h2-6,13,15-17H,7-12H2,1H3/t13?,15-,16-,17-/m1/s1. The zero-order valence-corrected chi connectivity index (χ0v) is 10.9. The van der Waals surface area contributed by atoms with Crippen LogP contribution in [0.2, 0.25) is 0 Å². The molecular weight excluding hydrogens is 204 g/mol. The Morgan fingerprint density at radius 2 is 1.53 bits per heavy atom. The van der Waals surface area contributed by atoms with Gasteiger partial charge in [-0.15, -0.1) is 0 Å². The van der Waals surface area contributed by atoms with Crippen molar-refractivity contribution in [1.29, 1.82) is 0 Å². The largest absolute Gasteiger partial charge is 0.0625 e. The first-order chi connectivity index (χ1) is 8.33. The molecule has 0 heteroatoms. The average Bonchev–Trinajstić information content (AvgIpc) is 2.39. The van der Waals surface area contributed by atoms with Gasteiger partial charge in [0.1, 0.15) is 0 Å². The van der Waals surface area contributed by atoms with E-state index in [0.717, 1.165) is 23.7 Å². The molecule has 1 aromatic rings. The summed E-state index contributed by atoms with van der Waals surface area (Å²) < 4.78 is 0. The number of rotatable bonds is 1. The normalized spacial score (nSPS) is 37.5. The molecule has 0 saturated heterocycles. The highest BCUT2D eigenvalue weighted by Crippen LogP contribution is 2.47. The van der Waals surface area contributed by atoms with Crippen LogP contribution >= 0.6 is 0 Å². The Labute approximate surface area is 105 Å². The Morgan fingerprint density at radius 3 is 2.35 bits per heavy atom. The molecule has 0 bridgehead atoms. The lowest BCUT2D eigenvalue weighted by atomic mass is 9.64. The van der Waals surface area contributed by atoms with E-state index in [-0.39, 0.29) is 0 Å². The van der Waals surface area contributed by atoms with Crippen molar-refractivity contribution in [1.82, 2.24) is 0 Å². The summed E-state index contributed by atoms with van der Waals surface area (Å²) in [6, 6.07) is 11.2. The molecule has 0 N–H and O–H groups in total. The third-order valence-corrected chi connectivity index (χ3v) is 5.15. The van der Waals surface area contributed by atoms with Crippen molar-refractivity contribution in [2.24, 2.45) is 17.8 Å². The lowest BCUT2D eigenvalue weighted by Crippen LogP contribution is -2.29. The van der Waals surface area contributed by atoms with E-state index in [1.165, 1.54) is 38.5 Å². The molecule has 0 spiro atoms. The Morgan fingerprint density at radius 1 is 0.824 bits per heavy atom. The smallest absolute Gasteiger partial charge is 0.0159 e. The van der Waals surface area contributed by atoms with E-state index in [2.05, 4.69) is 37.3 Å². The summed E-state index contributed by atoms with van der Waals surface area (Å²) in [5.74, 6) is 3.93. The van der Waals surface area contributed by atoms with E-state index in [9.17, 15) is 0 Å². The van der Waals surface area contributed by atoms with Crippen LogP contribution in [-0.2, 0) is 0 Å². The fourth-order valence-corrected chi connectivity index (χ4v) is 4.15. The zero-order chi connectivity index (χ0) is 11.7. The first-order valence-corrected chi connectivity index (χ1v) is 7.38. The van der Waals surface area contributed by atoms with Gasteiger partial charge in [0.2, 0.25) is 0 Å². The van der Waals surface area contributed by atoms with Crippen molar-refractivity contribution < 1.29 is 0 Å². The van der Waals surface area contributed by atoms with Gasteiger partial charge >= 0.3 is 0 Å². The second kappa shape index (κ2) is 4.84. The quantitative estimate of drug-likeness (QED) is 0.634. The predicted molar refractivity (Wildman–Crippen MR) is 73.0 cm³/mol. The van der Waals surface area contributed by atoms with Gasteiger partial charge in [-0.1, -0.05) is 43.7 Å². The van der Waals surface area contributed by atoms with E-state index >= 15 is 0 Å². The predicted octanol–water partition coefficient (Wildman–Crippen LogP) is 5.01. The fraction of sp³-hybridized carbons (Fsp3) is 0.647. The minimum absolute atomic E-state index is 0.853. The summed E-state index contributed by atoms with van der Waals surface area (Å²) in [5.41, 5.74) is 1.59. The maximum atomic E-state index is 2.44. The Balaban J connectivity index is 1.68. The van der Waals surface area contributed by atoms with Gasteiger partial charge in [0.25, 0.3) is 0 Å². The molecule has 0 aliphatic heterocycles. The molecule has 4 atom stereocenters. The molecular formula is C17H24. The maximum absolute atomic E-state index is 2.44. The molecule has 1 aromatic carbocycles. The van der Waals surface area contributed by atoms with Crippen LogP contribution in [0.4, 0.5) is 0 Å². The zero-order valence-electron chi connectivity index (χ0n) is 10.9. The highest BCUT2D eigenvalue weighted by atomic mass is 14.4. The molecule has 2 aliphatic carbocycles. The van der Waals surface area contributed by atoms with Gasteiger partial charge in [-0.05, 0) is 61.3 Å². The second-order valence-corrected chi connectivity index (χ2v) is 6.36. The van der Waals surface area contributed by atoms with Gasteiger partial charge in [-0.3, -0.25) is 0 Å². The van der Waals surface area contributed by atoms with Gasteiger partial charge < -0.3 is 0 Å². The summed E-state index contributed by atoms with van der Waals surface area (Å²) in [7, 11) is 0. The van der Waals surface area contributed by atoms with Crippen LogP contribution in [0, 0.1) is 17.8 Å². The monoisotopic (exact) mass is 228 g/mol. The van der Waals surface area contributed by atoms with E-state index in [0.29, 0.717) is 0 Å². The van der Waals surface area contributed by atoms with Gasteiger partial charge in [-0.2, -0.15) is 0 Å². The summed E-state index contributed by atoms with van der Waals surface area (Å²) in [6.45, 7) is 2.44. The highest BCUT2D eigenvalue weighted by Gasteiger charge is 2.34. The lowest BCUT2D eigenvalue weighted by molar-refractivity contribution is 0.124. The van der Waals surface area contributed by atoms with Crippen molar-refractivity contribution in [2.45, 2.75) is 51.4 Å². The van der Waals surface area contributed by atoms with Crippen LogP contribution in [0.15, 0.2) is 30.3 Å². The van der Waals surface area contributed by atoms with Crippen LogP contribution in [0.3, 0.4) is 0 Å². The fourth-order valence-electron chi connectivity index (χ4n) is 4.15. The molecule has 0 aromatic heterocycles. The molecule has 92 valence electrons. The summed E-state index contributed by atoms with van der Waals surface area (Å²) in [6.07, 6.45) is 8.85. The van der Waals surface area contributed by atoms with Crippen molar-refractivity contribution in [2.75, 3.05) is 0 Å². The summed E-state index contributed by atoms with van der Waals surface area (Å²) in [5, 5.41) is 0. The molecule has 0 amide bonds. The Bertz CT molecular complexity index is 354. The number of benzene rings is 1. The van der Waals surface area contributed by atoms with Crippen LogP contribution in [0.1, 0.15) is 56.9 Å². The van der Waals surface area contributed by atoms with Crippen molar-refractivity contribution in [3.05, 3.63) is 35.9 Å². The second-order valence-electron chi connectivity index (χ2n) is 6.36. The van der Waals surface area contributed by atoms with E-state index in [4.69, 9.17) is 0 Å². The first kappa shape index (κ1) is 11.3. The van der Waals surface area contributed by atoms with Crippen molar-refractivity contribution in [3.63, 3.8) is 0 Å². The molecule has 0 nitrogen and oxygen atoms in total. The van der Waals surface area contributed by atoms with Crippen LogP contribution in [-0.4, -0.2) is 0 Å². The maximum Gasteiger partial charge on any atom is -0.0159 e. The summed E-state index contributed by atoms with van der Waals surface area (Å²) >= 11 is 0. The number of hydrogen-bond acceptors (Lipinski definition) is 0. The Kier molecular flexibility index (Phi) is 3.22. The number of fused-ring (bicyclic) bond motifs is 1. The van der Waals surface area contributed by atoms with E-state index < -0.39 is 0 Å². The average molecular weight is 228 g/mol. The van der Waals surface area contributed by atoms with Crippen LogP contribution in [0.25, 0.3) is 0 Å². The molecule has 2 aliphatic rings. The minimum Gasteiger partial charge on any atom is -0.0625 e. The molecule has 1 unspecified atom stereocenters. The van der Waals surface area contributed by atoms with Gasteiger partial charge in [-0.25, -0.2) is 0 Å². The highest BCUT2D eigenvalue weighted by molar-refractivity contribution is 5.20. The molecule has 0 radical (unpaired) electrons. The third kappa shape index (κ3) is 2.41. The topological polar surface area (TPSA) is 0 Å². The first-order valence-electron chi connectivity index (χ1n) is 7.38. The van der Waals surface area contributed by atoms with Crippen LogP contribution in [0.5, 0.6) is 0 Å². The molecule has 2 fully saturated rings. The van der Waals surface area contributed by atoms with Gasteiger partial charge in [0, 0.05) is 0 Å². The van der Waals surface area contributed by atoms with Crippen molar-refractivity contribution in [3.8, 4) is 0 Å². The number of hydrogen-bond donors (Lipinski definition) is 0. The molecule has 0 heterocycles. The third-order valence-electron chi connectivity index (χ3n) is 5.15. The van der Waals surface area contributed by atoms with Gasteiger partial charge in [0.05, 0.1) is 0 Å². The molecule has 3 rings (SSSR count). The van der Waals surface area contributed by atoms with E-state index in [1.54, 1.807) is 5.56 Å². The summed E-state index contributed by atoms with van der Waals surface area (Å²) in [4.78, 5) is 0. The van der Waals surface area contributed by atoms with E-state index in [1.807, 2.05) is 0 Å². The molecule has 2 saturated carbocycles. The Hall–Kier alpha value is -0.780. The minimum atomic E-state index is 0.853.